The number of nitrogens with zero attached hydrogens (tertiary/aromatic N) is 5. The van der Waals surface area contributed by atoms with E-state index in [9.17, 15) is 0 Å². The lowest BCUT2D eigenvalue weighted by Crippen LogP contribution is -2.03. The lowest BCUT2D eigenvalue weighted by molar-refractivity contribution is 0.309. The summed E-state index contributed by atoms with van der Waals surface area (Å²) in [4.78, 5) is 8.21. The fraction of sp³-hybridized carbons (Fsp3) is 0.308. The van der Waals surface area contributed by atoms with Crippen molar-refractivity contribution in [1.29, 1.82) is 0 Å². The summed E-state index contributed by atoms with van der Waals surface area (Å²) in [5.74, 6) is 0.880. The molecule has 0 bridgehead atoms. The second kappa shape index (κ2) is 5.43. The standard InChI is InChI=1S/C13H13N7O2/c1-2-9(1)16-11-10(18-22-20-11)12-17-13(21-19-12)15-7-8-3-5-14-6-4-8/h3-6,9H,1-2,7H2,(H,16,20)(H,15,17,19). The molecule has 3 heterocycles. The molecule has 2 N–H and O–H groups in total. The third kappa shape index (κ3) is 2.73. The summed E-state index contributed by atoms with van der Waals surface area (Å²) in [5, 5.41) is 17.8. The molecule has 0 spiro atoms. The Kier molecular flexibility index (Phi) is 3.15. The summed E-state index contributed by atoms with van der Waals surface area (Å²) in [6, 6.07) is 4.56. The Hall–Kier alpha value is -2.97. The van der Waals surface area contributed by atoms with Crippen LogP contribution in [0.2, 0.25) is 0 Å². The fourth-order valence-corrected chi connectivity index (χ4v) is 1.92. The normalized spacial score (nSPS) is 14.0. The van der Waals surface area contributed by atoms with Crippen LogP contribution in [0.15, 0.2) is 33.7 Å². The average Bonchev–Trinajstić information content (AvgIpc) is 3.05. The number of hydrogen-bond acceptors (Lipinski definition) is 9. The van der Waals surface area contributed by atoms with E-state index in [2.05, 4.69) is 36.1 Å². The van der Waals surface area contributed by atoms with Gasteiger partial charge in [0.1, 0.15) is 0 Å². The monoisotopic (exact) mass is 299 g/mol. The van der Waals surface area contributed by atoms with Crippen LogP contribution in [0.4, 0.5) is 11.8 Å². The molecule has 0 atom stereocenters. The number of pyridine rings is 1. The predicted octanol–water partition coefficient (Wildman–Crippen LogP) is 1.70. The molecular formula is C13H13N7O2. The summed E-state index contributed by atoms with van der Waals surface area (Å²) >= 11 is 0. The maximum Gasteiger partial charge on any atom is 0.322 e. The SMILES string of the molecule is c1cc(CNc2nc(-c3nonc3NC3CC3)no2)ccn1. The zero-order chi connectivity index (χ0) is 14.8. The molecule has 22 heavy (non-hydrogen) atoms. The van der Waals surface area contributed by atoms with Crippen molar-refractivity contribution < 1.29 is 9.15 Å². The molecule has 0 unspecified atom stereocenters. The molecule has 0 saturated heterocycles. The van der Waals surface area contributed by atoms with E-state index in [-0.39, 0.29) is 0 Å². The molecule has 1 saturated carbocycles. The van der Waals surface area contributed by atoms with Gasteiger partial charge in [0, 0.05) is 25.0 Å². The van der Waals surface area contributed by atoms with Gasteiger partial charge in [-0.1, -0.05) is 5.16 Å². The number of rotatable bonds is 6. The Morgan fingerprint density at radius 1 is 1.14 bits per heavy atom. The largest absolute Gasteiger partial charge is 0.363 e. The van der Waals surface area contributed by atoms with Gasteiger partial charge in [0.05, 0.1) is 0 Å². The van der Waals surface area contributed by atoms with Gasteiger partial charge in [0.2, 0.25) is 11.6 Å². The van der Waals surface area contributed by atoms with Gasteiger partial charge in [-0.25, -0.2) is 4.63 Å². The molecule has 3 aromatic rings. The first-order valence-corrected chi connectivity index (χ1v) is 6.94. The first-order valence-electron chi connectivity index (χ1n) is 6.94. The minimum Gasteiger partial charge on any atom is -0.363 e. The van der Waals surface area contributed by atoms with Gasteiger partial charge in [0.15, 0.2) is 5.69 Å². The lowest BCUT2D eigenvalue weighted by Gasteiger charge is -1.99. The highest BCUT2D eigenvalue weighted by Gasteiger charge is 2.26. The van der Waals surface area contributed by atoms with Gasteiger partial charge in [-0.05, 0) is 40.9 Å². The number of aromatic nitrogens is 5. The van der Waals surface area contributed by atoms with E-state index in [4.69, 9.17) is 9.15 Å². The Balaban J connectivity index is 1.46. The van der Waals surface area contributed by atoms with Crippen LogP contribution in [-0.4, -0.2) is 31.5 Å². The molecule has 3 aromatic heterocycles. The Bertz CT molecular complexity index is 751. The van der Waals surface area contributed by atoms with Gasteiger partial charge in [-0.2, -0.15) is 4.98 Å². The highest BCUT2D eigenvalue weighted by atomic mass is 16.6. The van der Waals surface area contributed by atoms with Crippen LogP contribution in [0.5, 0.6) is 0 Å². The van der Waals surface area contributed by atoms with Crippen LogP contribution >= 0.6 is 0 Å². The van der Waals surface area contributed by atoms with Crippen LogP contribution in [0.3, 0.4) is 0 Å². The molecule has 9 nitrogen and oxygen atoms in total. The second-order valence-electron chi connectivity index (χ2n) is 5.01. The van der Waals surface area contributed by atoms with E-state index in [1.807, 2.05) is 12.1 Å². The van der Waals surface area contributed by atoms with Gasteiger partial charge >= 0.3 is 6.01 Å². The average molecular weight is 299 g/mol. The first-order chi connectivity index (χ1) is 10.9. The van der Waals surface area contributed by atoms with Gasteiger partial charge < -0.3 is 15.2 Å². The summed E-state index contributed by atoms with van der Waals surface area (Å²) in [7, 11) is 0. The van der Waals surface area contributed by atoms with Crippen molar-refractivity contribution >= 4 is 11.8 Å². The number of hydrogen-bond donors (Lipinski definition) is 2. The molecule has 1 aliphatic rings. The zero-order valence-electron chi connectivity index (χ0n) is 11.6. The molecule has 9 heteroatoms. The van der Waals surface area contributed by atoms with E-state index in [0.29, 0.717) is 35.9 Å². The minimum absolute atomic E-state index is 0.312. The van der Waals surface area contributed by atoms with E-state index in [1.165, 1.54) is 0 Å². The van der Waals surface area contributed by atoms with Crippen LogP contribution in [0.25, 0.3) is 11.5 Å². The van der Waals surface area contributed by atoms with Gasteiger partial charge in [-0.3, -0.25) is 4.98 Å². The number of nitrogens with one attached hydrogen (secondary N) is 2. The maximum atomic E-state index is 5.16. The summed E-state index contributed by atoms with van der Waals surface area (Å²) in [5.41, 5.74) is 1.52. The highest BCUT2D eigenvalue weighted by molar-refractivity contribution is 5.65. The van der Waals surface area contributed by atoms with Crippen molar-refractivity contribution in [3.8, 4) is 11.5 Å². The van der Waals surface area contributed by atoms with Crippen molar-refractivity contribution in [2.45, 2.75) is 25.4 Å². The van der Waals surface area contributed by atoms with E-state index < -0.39 is 0 Å². The van der Waals surface area contributed by atoms with Crippen LogP contribution in [-0.2, 0) is 6.54 Å². The fourth-order valence-electron chi connectivity index (χ4n) is 1.92. The molecule has 0 aliphatic heterocycles. The minimum atomic E-state index is 0.312. The van der Waals surface area contributed by atoms with Crippen molar-refractivity contribution in [3.05, 3.63) is 30.1 Å². The van der Waals surface area contributed by atoms with Crippen molar-refractivity contribution in [2.75, 3.05) is 10.6 Å². The molecule has 0 aromatic carbocycles. The first kappa shape index (κ1) is 12.7. The summed E-state index contributed by atoms with van der Waals surface area (Å²) < 4.78 is 9.92. The summed E-state index contributed by atoms with van der Waals surface area (Å²) in [6.07, 6.45) is 5.70. The van der Waals surface area contributed by atoms with Crippen molar-refractivity contribution in [2.24, 2.45) is 0 Å². The molecule has 4 rings (SSSR count). The molecule has 1 aliphatic carbocycles. The maximum absolute atomic E-state index is 5.16. The third-order valence-electron chi connectivity index (χ3n) is 3.24. The van der Waals surface area contributed by atoms with Gasteiger partial charge in [0.25, 0.3) is 0 Å². The Morgan fingerprint density at radius 2 is 2.00 bits per heavy atom. The van der Waals surface area contributed by atoms with Crippen molar-refractivity contribution in [1.82, 2.24) is 25.4 Å². The van der Waals surface area contributed by atoms with Crippen LogP contribution in [0, 0.1) is 0 Å². The topological polar surface area (TPSA) is 115 Å². The molecule has 0 radical (unpaired) electrons. The zero-order valence-corrected chi connectivity index (χ0v) is 11.6. The Morgan fingerprint density at radius 3 is 2.82 bits per heavy atom. The molecular weight excluding hydrogens is 286 g/mol. The quantitative estimate of drug-likeness (QED) is 0.701. The highest BCUT2D eigenvalue weighted by Crippen LogP contribution is 2.29. The van der Waals surface area contributed by atoms with E-state index in [1.54, 1.807) is 12.4 Å². The van der Waals surface area contributed by atoms with Crippen LogP contribution in [0.1, 0.15) is 18.4 Å². The van der Waals surface area contributed by atoms with E-state index >= 15 is 0 Å². The van der Waals surface area contributed by atoms with Crippen molar-refractivity contribution in [3.63, 3.8) is 0 Å². The smallest absolute Gasteiger partial charge is 0.322 e. The second-order valence-corrected chi connectivity index (χ2v) is 5.01. The molecule has 112 valence electrons. The predicted molar refractivity (Wildman–Crippen MR) is 75.8 cm³/mol. The Labute approximate surface area is 125 Å². The number of anilines is 2. The van der Waals surface area contributed by atoms with E-state index in [0.717, 1.165) is 18.4 Å². The molecule has 0 amide bonds. The van der Waals surface area contributed by atoms with Gasteiger partial charge in [-0.15, -0.1) is 0 Å². The third-order valence-corrected chi connectivity index (χ3v) is 3.24. The lowest BCUT2D eigenvalue weighted by atomic mass is 10.3. The van der Waals surface area contributed by atoms with Crippen LogP contribution < -0.4 is 10.6 Å². The summed E-state index contributed by atoms with van der Waals surface area (Å²) in [6.45, 7) is 0.564. The molecule has 1 fully saturated rings.